The molecule has 1 aromatic carbocycles. The van der Waals surface area contributed by atoms with Crippen molar-refractivity contribution in [2.24, 2.45) is 0 Å². The maximum absolute atomic E-state index is 11.1. The van der Waals surface area contributed by atoms with E-state index >= 15 is 0 Å². The average Bonchev–Trinajstić information content (AvgIpc) is 2.42. The lowest BCUT2D eigenvalue weighted by atomic mass is 10.0. The molecule has 0 radical (unpaired) electrons. The van der Waals surface area contributed by atoms with Gasteiger partial charge in [-0.15, -0.1) is 0 Å². The number of rotatable bonds is 6. The maximum atomic E-state index is 11.1. The third kappa shape index (κ3) is 3.61. The summed E-state index contributed by atoms with van der Waals surface area (Å²) in [4.78, 5) is 22.1. The fraction of sp³-hybridized carbons (Fsp3) is 0.385. The van der Waals surface area contributed by atoms with Gasteiger partial charge in [0.05, 0.1) is 14.2 Å². The Labute approximate surface area is 116 Å². The molecule has 1 rings (SSSR count). The number of carboxylic acids is 1. The van der Waals surface area contributed by atoms with Gasteiger partial charge in [-0.05, 0) is 17.7 Å². The number of nitrogens with one attached hydrogen (secondary N) is 1. The molecular formula is C13H17NO6. The zero-order valence-corrected chi connectivity index (χ0v) is 11.4. The molecule has 0 aliphatic heterocycles. The summed E-state index contributed by atoms with van der Waals surface area (Å²) in [5.41, 5.74) is 0.295. The molecule has 0 spiro atoms. The molecule has 1 unspecified atom stereocenters. The van der Waals surface area contributed by atoms with Gasteiger partial charge in [-0.25, -0.2) is 4.79 Å². The van der Waals surface area contributed by atoms with Crippen molar-refractivity contribution in [3.8, 4) is 11.5 Å². The minimum absolute atomic E-state index is 0.295. The summed E-state index contributed by atoms with van der Waals surface area (Å²) in [6.45, 7) is 1.18. The number of hydrogen-bond donors (Lipinski definition) is 3. The van der Waals surface area contributed by atoms with Crippen LogP contribution in [0, 0.1) is 0 Å². The Morgan fingerprint density at radius 3 is 2.25 bits per heavy atom. The second-order valence-corrected chi connectivity index (χ2v) is 4.08. The van der Waals surface area contributed by atoms with Crippen LogP contribution in [0.4, 0.5) is 0 Å². The second-order valence-electron chi connectivity index (χ2n) is 4.08. The van der Waals surface area contributed by atoms with E-state index in [2.05, 4.69) is 5.32 Å². The number of aliphatic carboxylic acids is 1. The summed E-state index contributed by atoms with van der Waals surface area (Å²) in [6, 6.07) is 3.07. The van der Waals surface area contributed by atoms with Gasteiger partial charge in [0.25, 0.3) is 0 Å². The highest BCUT2D eigenvalue weighted by Gasteiger charge is 2.29. The first-order chi connectivity index (χ1) is 9.40. The summed E-state index contributed by atoms with van der Waals surface area (Å²) in [5.74, 6) is -1.06. The molecule has 3 N–H and O–H groups in total. The zero-order chi connectivity index (χ0) is 15.3. The molecule has 0 aliphatic carbocycles. The van der Waals surface area contributed by atoms with Gasteiger partial charge in [-0.1, -0.05) is 6.07 Å². The Balaban J connectivity index is 3.08. The van der Waals surface area contributed by atoms with Crippen LogP contribution < -0.4 is 14.8 Å². The minimum Gasteiger partial charge on any atom is -0.493 e. The van der Waals surface area contributed by atoms with Crippen molar-refractivity contribution < 1.29 is 29.3 Å². The molecular weight excluding hydrogens is 266 g/mol. The standard InChI is InChI=1S/C13H17NO6/c1-7(15)14-11(13(17)18)12(16)8-4-5-9(19-2)10(6-8)20-3/h4-6,11-12,16H,1-3H3,(H,14,15)(H,17,18)/t11-,12?/m0/s1. The van der Waals surface area contributed by atoms with Gasteiger partial charge in [0, 0.05) is 6.92 Å². The SMILES string of the molecule is COc1ccc(C(O)[C@H](NC(C)=O)C(=O)O)cc1OC. The van der Waals surface area contributed by atoms with Gasteiger partial charge >= 0.3 is 5.97 Å². The van der Waals surface area contributed by atoms with Gasteiger partial charge in [0.15, 0.2) is 17.5 Å². The number of methoxy groups -OCH3 is 2. The first-order valence-electron chi connectivity index (χ1n) is 5.80. The minimum atomic E-state index is -1.44. The number of amides is 1. The lowest BCUT2D eigenvalue weighted by Crippen LogP contribution is -2.44. The van der Waals surface area contributed by atoms with Crippen molar-refractivity contribution in [2.45, 2.75) is 19.1 Å². The van der Waals surface area contributed by atoms with Crippen molar-refractivity contribution in [1.29, 1.82) is 0 Å². The fourth-order valence-electron chi connectivity index (χ4n) is 1.72. The molecule has 0 saturated heterocycles. The summed E-state index contributed by atoms with van der Waals surface area (Å²) in [7, 11) is 2.89. The molecule has 7 heteroatoms. The average molecular weight is 283 g/mol. The van der Waals surface area contributed by atoms with E-state index in [4.69, 9.17) is 14.6 Å². The molecule has 0 aliphatic rings. The number of benzene rings is 1. The second kappa shape index (κ2) is 6.76. The normalized spacial score (nSPS) is 13.2. The Morgan fingerprint density at radius 1 is 1.20 bits per heavy atom. The van der Waals surface area contributed by atoms with Crippen LogP contribution >= 0.6 is 0 Å². The monoisotopic (exact) mass is 283 g/mol. The highest BCUT2D eigenvalue weighted by Crippen LogP contribution is 2.30. The number of carbonyl (C=O) groups excluding carboxylic acids is 1. The molecule has 20 heavy (non-hydrogen) atoms. The van der Waals surface area contributed by atoms with Crippen LogP contribution in [-0.4, -0.2) is 42.4 Å². The van der Waals surface area contributed by atoms with Crippen LogP contribution in [0.1, 0.15) is 18.6 Å². The van der Waals surface area contributed by atoms with Crippen LogP contribution in [0.25, 0.3) is 0 Å². The Kier molecular flexibility index (Phi) is 5.33. The molecule has 1 aromatic rings. The van der Waals surface area contributed by atoms with Crippen molar-refractivity contribution in [3.63, 3.8) is 0 Å². The van der Waals surface area contributed by atoms with E-state index in [1.165, 1.54) is 33.3 Å². The van der Waals surface area contributed by atoms with Crippen molar-refractivity contribution in [3.05, 3.63) is 23.8 Å². The first kappa shape index (κ1) is 15.8. The number of aliphatic hydroxyl groups is 1. The number of ether oxygens (including phenoxy) is 2. The maximum Gasteiger partial charge on any atom is 0.329 e. The number of hydrogen-bond acceptors (Lipinski definition) is 5. The lowest BCUT2D eigenvalue weighted by molar-refractivity contribution is -0.145. The van der Waals surface area contributed by atoms with Crippen molar-refractivity contribution in [2.75, 3.05) is 14.2 Å². The summed E-state index contributed by atoms with van der Waals surface area (Å²) in [5, 5.41) is 21.3. The van der Waals surface area contributed by atoms with E-state index in [1.54, 1.807) is 6.07 Å². The van der Waals surface area contributed by atoms with E-state index in [1.807, 2.05) is 0 Å². The van der Waals surface area contributed by atoms with Crippen LogP contribution in [0.5, 0.6) is 11.5 Å². The molecule has 0 saturated carbocycles. The summed E-state index contributed by atoms with van der Waals surface area (Å²) in [6.07, 6.45) is -1.41. The quantitative estimate of drug-likeness (QED) is 0.694. The zero-order valence-electron chi connectivity index (χ0n) is 11.4. The van der Waals surface area contributed by atoms with Gasteiger partial charge in [0.2, 0.25) is 5.91 Å². The van der Waals surface area contributed by atoms with Crippen molar-refractivity contribution >= 4 is 11.9 Å². The number of aliphatic hydroxyl groups excluding tert-OH is 1. The number of carbonyl (C=O) groups is 2. The largest absolute Gasteiger partial charge is 0.493 e. The molecule has 0 aromatic heterocycles. The highest BCUT2D eigenvalue weighted by atomic mass is 16.5. The van der Waals surface area contributed by atoms with E-state index < -0.39 is 24.0 Å². The van der Waals surface area contributed by atoms with E-state index in [0.29, 0.717) is 17.1 Å². The first-order valence-corrected chi connectivity index (χ1v) is 5.80. The Morgan fingerprint density at radius 2 is 1.80 bits per heavy atom. The van der Waals surface area contributed by atoms with E-state index in [0.717, 1.165) is 0 Å². The molecule has 1 amide bonds. The van der Waals surface area contributed by atoms with Crippen LogP contribution in [-0.2, 0) is 9.59 Å². The van der Waals surface area contributed by atoms with Crippen LogP contribution in [0.3, 0.4) is 0 Å². The van der Waals surface area contributed by atoms with E-state index in [9.17, 15) is 14.7 Å². The van der Waals surface area contributed by atoms with Crippen molar-refractivity contribution in [1.82, 2.24) is 5.32 Å². The van der Waals surface area contributed by atoms with Gasteiger partial charge < -0.3 is 25.0 Å². The van der Waals surface area contributed by atoms with E-state index in [-0.39, 0.29) is 0 Å². The molecule has 110 valence electrons. The molecule has 2 atom stereocenters. The molecule has 0 bridgehead atoms. The van der Waals surface area contributed by atoms with Gasteiger partial charge in [-0.2, -0.15) is 0 Å². The third-order valence-corrected chi connectivity index (χ3v) is 2.69. The van der Waals surface area contributed by atoms with Crippen LogP contribution in [0.2, 0.25) is 0 Å². The smallest absolute Gasteiger partial charge is 0.329 e. The summed E-state index contributed by atoms with van der Waals surface area (Å²) >= 11 is 0. The van der Waals surface area contributed by atoms with Crippen LogP contribution in [0.15, 0.2) is 18.2 Å². The molecule has 7 nitrogen and oxygen atoms in total. The fourth-order valence-corrected chi connectivity index (χ4v) is 1.72. The third-order valence-electron chi connectivity index (χ3n) is 2.69. The summed E-state index contributed by atoms with van der Waals surface area (Å²) < 4.78 is 10.1. The number of carboxylic acid groups (broad SMARTS) is 1. The predicted molar refractivity (Wildman–Crippen MR) is 69.7 cm³/mol. The van der Waals surface area contributed by atoms with Gasteiger partial charge in [0.1, 0.15) is 6.10 Å². The lowest BCUT2D eigenvalue weighted by Gasteiger charge is -2.21. The predicted octanol–water partition coefficient (Wildman–Crippen LogP) is 0.326. The topological polar surface area (TPSA) is 105 Å². The molecule has 0 fully saturated rings. The Bertz CT molecular complexity index is 502. The Hall–Kier alpha value is -2.28. The highest BCUT2D eigenvalue weighted by molar-refractivity contribution is 5.82. The molecule has 0 heterocycles. The van der Waals surface area contributed by atoms with Gasteiger partial charge in [-0.3, -0.25) is 4.79 Å².